The number of hydrogen-bond donors (Lipinski definition) is 4. The highest BCUT2D eigenvalue weighted by molar-refractivity contribution is 5.97. The van der Waals surface area contributed by atoms with E-state index in [1.807, 2.05) is 67.6 Å². The van der Waals surface area contributed by atoms with Crippen LogP contribution >= 0.6 is 0 Å². The molecule has 0 saturated heterocycles. The van der Waals surface area contributed by atoms with Crippen LogP contribution in [0.3, 0.4) is 0 Å². The van der Waals surface area contributed by atoms with Gasteiger partial charge in [0.25, 0.3) is 0 Å². The standard InChI is InChI=1S/C27H30N4O2/c1-18-13-15-19(16-14-18)29-26(32)24(12-6-7-17-28)30-27(33)31-25-22-10-4-2-8-20(22)21-9-3-5-11-23(21)25/h2-5,8-11,13-16,24-25H,6-7,12,17,28H2,1H3,(H,29,32)(H2,30,31,33)/t24-/m0/s1. The number of fused-ring (bicyclic) bond motifs is 3. The van der Waals surface area contributed by atoms with E-state index in [2.05, 4.69) is 28.1 Å². The lowest BCUT2D eigenvalue weighted by Crippen LogP contribution is -2.48. The van der Waals surface area contributed by atoms with E-state index in [0.717, 1.165) is 40.7 Å². The number of aryl methyl sites for hydroxylation is 1. The molecule has 0 unspecified atom stereocenters. The summed E-state index contributed by atoms with van der Waals surface area (Å²) in [4.78, 5) is 26.0. The Balaban J connectivity index is 1.47. The van der Waals surface area contributed by atoms with Crippen molar-refractivity contribution >= 4 is 17.6 Å². The van der Waals surface area contributed by atoms with Gasteiger partial charge in [-0.2, -0.15) is 0 Å². The number of rotatable bonds is 8. The summed E-state index contributed by atoms with van der Waals surface area (Å²) in [6.45, 7) is 2.54. The van der Waals surface area contributed by atoms with Gasteiger partial charge in [0, 0.05) is 5.69 Å². The smallest absolute Gasteiger partial charge is 0.316 e. The first-order valence-corrected chi connectivity index (χ1v) is 11.4. The Hall–Kier alpha value is -3.64. The highest BCUT2D eigenvalue weighted by Crippen LogP contribution is 2.42. The SMILES string of the molecule is Cc1ccc(NC(=O)[C@H](CCCCN)NC(=O)NC2c3ccccc3-c3ccccc32)cc1. The number of benzene rings is 3. The van der Waals surface area contributed by atoms with Crippen LogP contribution in [0.4, 0.5) is 10.5 Å². The number of nitrogens with two attached hydrogens (primary N) is 1. The summed E-state index contributed by atoms with van der Waals surface area (Å²) in [5.74, 6) is -0.238. The van der Waals surface area contributed by atoms with E-state index in [9.17, 15) is 9.59 Å². The van der Waals surface area contributed by atoms with Crippen LogP contribution in [0.25, 0.3) is 11.1 Å². The van der Waals surface area contributed by atoms with Gasteiger partial charge in [0.2, 0.25) is 5.91 Å². The molecule has 1 aliphatic carbocycles. The number of amides is 3. The number of hydrogen-bond acceptors (Lipinski definition) is 3. The van der Waals surface area contributed by atoms with Crippen molar-refractivity contribution < 1.29 is 9.59 Å². The molecule has 0 heterocycles. The third-order valence-electron chi connectivity index (χ3n) is 6.00. The molecular formula is C27H30N4O2. The van der Waals surface area contributed by atoms with Gasteiger partial charge in [-0.1, -0.05) is 66.2 Å². The van der Waals surface area contributed by atoms with Gasteiger partial charge in [-0.15, -0.1) is 0 Å². The molecule has 3 amide bonds. The largest absolute Gasteiger partial charge is 0.330 e. The van der Waals surface area contributed by atoms with Gasteiger partial charge in [-0.05, 0) is 67.1 Å². The van der Waals surface area contributed by atoms with Crippen LogP contribution in [-0.4, -0.2) is 24.5 Å². The second kappa shape index (κ2) is 10.3. The van der Waals surface area contributed by atoms with E-state index >= 15 is 0 Å². The number of unbranched alkanes of at least 4 members (excludes halogenated alkanes) is 1. The number of carbonyl (C=O) groups is 2. The third kappa shape index (κ3) is 5.23. The van der Waals surface area contributed by atoms with Crippen LogP contribution < -0.4 is 21.7 Å². The summed E-state index contributed by atoms with van der Waals surface area (Å²) in [5.41, 5.74) is 11.8. The van der Waals surface area contributed by atoms with E-state index in [-0.39, 0.29) is 18.0 Å². The zero-order valence-corrected chi connectivity index (χ0v) is 18.8. The molecule has 6 nitrogen and oxygen atoms in total. The monoisotopic (exact) mass is 442 g/mol. The minimum absolute atomic E-state index is 0.238. The number of nitrogens with one attached hydrogen (secondary N) is 3. The summed E-state index contributed by atoms with van der Waals surface area (Å²) in [6, 6.07) is 22.4. The van der Waals surface area contributed by atoms with Crippen LogP contribution in [0.5, 0.6) is 0 Å². The van der Waals surface area contributed by atoms with Crippen LogP contribution in [-0.2, 0) is 4.79 Å². The maximum absolute atomic E-state index is 13.0. The predicted octanol–water partition coefficient (Wildman–Crippen LogP) is 4.50. The molecule has 170 valence electrons. The average molecular weight is 443 g/mol. The number of urea groups is 1. The fourth-order valence-corrected chi connectivity index (χ4v) is 4.27. The molecule has 5 N–H and O–H groups in total. The Kier molecular flexibility index (Phi) is 7.05. The minimum Gasteiger partial charge on any atom is -0.330 e. The van der Waals surface area contributed by atoms with Gasteiger partial charge in [0.05, 0.1) is 6.04 Å². The van der Waals surface area contributed by atoms with Crippen molar-refractivity contribution in [2.24, 2.45) is 5.73 Å². The fraction of sp³-hybridized carbons (Fsp3) is 0.259. The van der Waals surface area contributed by atoms with Gasteiger partial charge in [-0.25, -0.2) is 4.79 Å². The topological polar surface area (TPSA) is 96.2 Å². The maximum atomic E-state index is 13.0. The molecule has 0 aromatic heterocycles. The highest BCUT2D eigenvalue weighted by atomic mass is 16.2. The Morgan fingerprint density at radius 1 is 0.879 bits per heavy atom. The van der Waals surface area contributed by atoms with E-state index in [4.69, 9.17) is 5.73 Å². The Morgan fingerprint density at radius 3 is 2.09 bits per heavy atom. The van der Waals surface area contributed by atoms with Crippen molar-refractivity contribution in [1.82, 2.24) is 10.6 Å². The molecule has 0 saturated carbocycles. The van der Waals surface area contributed by atoms with Gasteiger partial charge >= 0.3 is 6.03 Å². The molecule has 1 aliphatic rings. The molecule has 0 radical (unpaired) electrons. The quantitative estimate of drug-likeness (QED) is 0.387. The first-order chi connectivity index (χ1) is 16.1. The maximum Gasteiger partial charge on any atom is 0.316 e. The molecule has 3 aromatic carbocycles. The Morgan fingerprint density at radius 2 is 1.48 bits per heavy atom. The van der Waals surface area contributed by atoms with Crippen LogP contribution in [0.15, 0.2) is 72.8 Å². The number of carbonyl (C=O) groups excluding carboxylic acids is 2. The van der Waals surface area contributed by atoms with E-state index in [0.29, 0.717) is 18.7 Å². The first-order valence-electron chi connectivity index (χ1n) is 11.4. The molecule has 3 aromatic rings. The zero-order chi connectivity index (χ0) is 23.2. The van der Waals surface area contributed by atoms with E-state index in [1.54, 1.807) is 0 Å². The van der Waals surface area contributed by atoms with Gasteiger partial charge in [-0.3, -0.25) is 4.79 Å². The molecule has 4 rings (SSSR count). The highest BCUT2D eigenvalue weighted by Gasteiger charge is 2.30. The normalized spacial score (nSPS) is 13.0. The lowest BCUT2D eigenvalue weighted by molar-refractivity contribution is -0.118. The van der Waals surface area contributed by atoms with E-state index < -0.39 is 6.04 Å². The Bertz CT molecular complexity index is 1080. The average Bonchev–Trinajstić information content (AvgIpc) is 3.14. The fourth-order valence-electron chi connectivity index (χ4n) is 4.27. The minimum atomic E-state index is -0.662. The van der Waals surface area contributed by atoms with Crippen LogP contribution in [0.1, 0.15) is 42.0 Å². The summed E-state index contributed by atoms with van der Waals surface area (Å²) >= 11 is 0. The second-order valence-electron chi connectivity index (χ2n) is 8.42. The van der Waals surface area contributed by atoms with Crippen molar-refractivity contribution in [3.8, 4) is 11.1 Å². The van der Waals surface area contributed by atoms with Crippen molar-refractivity contribution in [3.63, 3.8) is 0 Å². The molecule has 0 fully saturated rings. The predicted molar refractivity (Wildman–Crippen MR) is 132 cm³/mol. The Labute approximate surface area is 194 Å². The molecule has 33 heavy (non-hydrogen) atoms. The first kappa shape index (κ1) is 22.6. The summed E-state index contributed by atoms with van der Waals surface area (Å²) in [6.07, 6.45) is 2.05. The van der Waals surface area contributed by atoms with Gasteiger partial charge < -0.3 is 21.7 Å². The molecular weight excluding hydrogens is 412 g/mol. The van der Waals surface area contributed by atoms with Crippen molar-refractivity contribution in [2.45, 2.75) is 38.3 Å². The van der Waals surface area contributed by atoms with Gasteiger partial charge in [0.1, 0.15) is 6.04 Å². The molecule has 0 spiro atoms. The number of anilines is 1. The van der Waals surface area contributed by atoms with Gasteiger partial charge in [0.15, 0.2) is 0 Å². The lowest BCUT2D eigenvalue weighted by Gasteiger charge is -2.21. The second-order valence-corrected chi connectivity index (χ2v) is 8.42. The van der Waals surface area contributed by atoms with Crippen molar-refractivity contribution in [2.75, 3.05) is 11.9 Å². The third-order valence-corrected chi connectivity index (χ3v) is 6.00. The summed E-state index contributed by atoms with van der Waals surface area (Å²) < 4.78 is 0. The van der Waals surface area contributed by atoms with E-state index in [1.165, 1.54) is 0 Å². The molecule has 6 heteroatoms. The zero-order valence-electron chi connectivity index (χ0n) is 18.8. The van der Waals surface area contributed by atoms with Crippen LogP contribution in [0, 0.1) is 6.92 Å². The molecule has 1 atom stereocenters. The van der Waals surface area contributed by atoms with Crippen molar-refractivity contribution in [3.05, 3.63) is 89.5 Å². The summed E-state index contributed by atoms with van der Waals surface area (Å²) in [5, 5.41) is 8.89. The van der Waals surface area contributed by atoms with Crippen LogP contribution in [0.2, 0.25) is 0 Å². The van der Waals surface area contributed by atoms with Crippen molar-refractivity contribution in [1.29, 1.82) is 0 Å². The molecule has 0 bridgehead atoms. The lowest BCUT2D eigenvalue weighted by atomic mass is 10.1. The molecule has 0 aliphatic heterocycles. The summed E-state index contributed by atoms with van der Waals surface area (Å²) in [7, 11) is 0.